The summed E-state index contributed by atoms with van der Waals surface area (Å²) in [4.78, 5) is 0. The van der Waals surface area contributed by atoms with Crippen LogP contribution >= 0.6 is 0 Å². The topological polar surface area (TPSA) is 179 Å². The molecule has 7 N–H and O–H groups in total. The van der Waals surface area contributed by atoms with Crippen LogP contribution in [0.3, 0.4) is 0 Å². The van der Waals surface area contributed by atoms with Crippen LogP contribution in [0.15, 0.2) is 12.7 Å². The van der Waals surface area contributed by atoms with Gasteiger partial charge < -0.3 is 54.7 Å². The van der Waals surface area contributed by atoms with Gasteiger partial charge in [-0.1, -0.05) is 6.08 Å². The van der Waals surface area contributed by atoms with Crippen LogP contribution < -0.4 is 0 Å². The van der Waals surface area contributed by atoms with E-state index in [2.05, 4.69) is 6.58 Å². The van der Waals surface area contributed by atoms with Crippen LogP contribution in [0.25, 0.3) is 0 Å². The fourth-order valence-electron chi connectivity index (χ4n) is 3.31. The maximum Gasteiger partial charge on any atom is 0.187 e. The van der Waals surface area contributed by atoms with Crippen molar-refractivity contribution in [1.82, 2.24) is 0 Å². The molecule has 11 heteroatoms. The summed E-state index contributed by atoms with van der Waals surface area (Å²) < 4.78 is 21.2. The molecule has 2 rings (SSSR count). The summed E-state index contributed by atoms with van der Waals surface area (Å²) >= 11 is 0. The first kappa shape index (κ1) is 22.6. The first-order valence-electron chi connectivity index (χ1n) is 8.53. The van der Waals surface area contributed by atoms with Crippen molar-refractivity contribution in [3.05, 3.63) is 12.7 Å². The molecule has 2 aliphatic rings. The van der Waals surface area contributed by atoms with Gasteiger partial charge in [0.1, 0.15) is 61.0 Å². The zero-order valence-corrected chi connectivity index (χ0v) is 14.8. The quantitative estimate of drug-likeness (QED) is 0.208. The fourth-order valence-corrected chi connectivity index (χ4v) is 3.31. The van der Waals surface area contributed by atoms with E-state index in [1.807, 2.05) is 0 Å². The van der Waals surface area contributed by atoms with Crippen LogP contribution in [-0.4, -0.2) is 123 Å². The Bertz CT molecular complexity index is 475. The fraction of sp³-hybridized carbons (Fsp3) is 0.875. The van der Waals surface area contributed by atoms with Crippen molar-refractivity contribution in [3.8, 4) is 0 Å². The molecule has 0 bridgehead atoms. The monoisotopic (exact) mass is 396 g/mol. The lowest BCUT2D eigenvalue weighted by atomic mass is 9.84. The van der Waals surface area contributed by atoms with E-state index in [1.165, 1.54) is 13.2 Å². The van der Waals surface area contributed by atoms with E-state index < -0.39 is 73.9 Å². The van der Waals surface area contributed by atoms with Crippen molar-refractivity contribution in [1.29, 1.82) is 0 Å². The highest BCUT2D eigenvalue weighted by molar-refractivity contribution is 5.02. The molecule has 27 heavy (non-hydrogen) atoms. The van der Waals surface area contributed by atoms with E-state index in [1.54, 1.807) is 0 Å². The van der Waals surface area contributed by atoms with Gasteiger partial charge >= 0.3 is 0 Å². The number of methoxy groups -OCH3 is 1. The third-order valence-electron chi connectivity index (χ3n) is 4.84. The van der Waals surface area contributed by atoms with E-state index in [0.717, 1.165) is 0 Å². The summed E-state index contributed by atoms with van der Waals surface area (Å²) in [6, 6.07) is 0. The lowest BCUT2D eigenvalue weighted by molar-refractivity contribution is -0.341. The Morgan fingerprint density at radius 1 is 0.852 bits per heavy atom. The number of hydrogen-bond donors (Lipinski definition) is 7. The minimum atomic E-state index is -1.73. The van der Waals surface area contributed by atoms with Crippen LogP contribution in [0, 0.1) is 0 Å². The van der Waals surface area contributed by atoms with Crippen molar-refractivity contribution in [2.75, 3.05) is 20.3 Å². The summed E-state index contributed by atoms with van der Waals surface area (Å²) in [6.45, 7) is 2.85. The molecule has 1 aliphatic heterocycles. The second kappa shape index (κ2) is 9.67. The Kier molecular flexibility index (Phi) is 8.09. The van der Waals surface area contributed by atoms with Crippen LogP contribution in [0.5, 0.6) is 0 Å². The summed E-state index contributed by atoms with van der Waals surface area (Å²) in [5.74, 6) is 0. The van der Waals surface area contributed by atoms with Gasteiger partial charge in [0.05, 0.1) is 13.2 Å². The van der Waals surface area contributed by atoms with Crippen molar-refractivity contribution >= 4 is 0 Å². The SMILES string of the molecule is C=CCO[C@@H]1[C@@H](O)[C@@H](O[C@@H]2O[C@H](CO)[C@H](O)[C@H](O)[C@H]2O)[C@H](O)[C@H](O)[C@H]1OC. The van der Waals surface area contributed by atoms with E-state index >= 15 is 0 Å². The lowest BCUT2D eigenvalue weighted by Gasteiger charge is -2.47. The van der Waals surface area contributed by atoms with Crippen LogP contribution in [0.1, 0.15) is 0 Å². The second-order valence-corrected chi connectivity index (χ2v) is 6.56. The zero-order chi connectivity index (χ0) is 20.3. The molecule has 0 unspecified atom stereocenters. The van der Waals surface area contributed by atoms with E-state index in [4.69, 9.17) is 18.9 Å². The van der Waals surface area contributed by atoms with Crippen molar-refractivity contribution in [3.63, 3.8) is 0 Å². The average molecular weight is 396 g/mol. The Balaban J connectivity index is 2.18. The standard InChI is InChI=1S/C16H28O11/c1-3-4-25-15-12(23)13(9(20)10(21)14(15)24-2)27-16-11(22)8(19)7(18)6(5-17)26-16/h3,6-23H,1,4-5H2,2H3/t6-,7+,8+,9-,10+,11-,12+,13+,14-,15-,16+/m1/s1. The number of ether oxygens (including phenoxy) is 4. The smallest absolute Gasteiger partial charge is 0.187 e. The molecule has 11 atom stereocenters. The maximum atomic E-state index is 10.6. The third-order valence-corrected chi connectivity index (χ3v) is 4.84. The van der Waals surface area contributed by atoms with Gasteiger partial charge in [0.2, 0.25) is 0 Å². The highest BCUT2D eigenvalue weighted by Crippen LogP contribution is 2.31. The number of rotatable bonds is 7. The molecule has 1 saturated carbocycles. The number of aliphatic hydroxyl groups is 7. The summed E-state index contributed by atoms with van der Waals surface area (Å²) in [5, 5.41) is 70.1. The first-order valence-corrected chi connectivity index (χ1v) is 8.53. The van der Waals surface area contributed by atoms with E-state index in [0.29, 0.717) is 0 Å². The molecule has 1 heterocycles. The molecule has 0 amide bonds. The number of aliphatic hydroxyl groups excluding tert-OH is 7. The summed E-state index contributed by atoms with van der Waals surface area (Å²) in [6.07, 6.45) is -14.7. The predicted octanol–water partition coefficient (Wildman–Crippen LogP) is -4.15. The largest absolute Gasteiger partial charge is 0.394 e. The highest BCUT2D eigenvalue weighted by atomic mass is 16.7. The van der Waals surface area contributed by atoms with Gasteiger partial charge in [0.15, 0.2) is 6.29 Å². The number of hydrogen-bond acceptors (Lipinski definition) is 11. The minimum Gasteiger partial charge on any atom is -0.394 e. The molecule has 0 aromatic heterocycles. The molecular formula is C16H28O11. The van der Waals surface area contributed by atoms with Gasteiger partial charge in [-0.2, -0.15) is 0 Å². The van der Waals surface area contributed by atoms with Gasteiger partial charge in [-0.15, -0.1) is 6.58 Å². The average Bonchev–Trinajstić information content (AvgIpc) is 2.66. The molecule has 0 radical (unpaired) electrons. The molecule has 1 saturated heterocycles. The predicted molar refractivity (Wildman–Crippen MR) is 87.4 cm³/mol. The van der Waals surface area contributed by atoms with Crippen molar-refractivity contribution in [2.45, 2.75) is 67.3 Å². The van der Waals surface area contributed by atoms with Crippen molar-refractivity contribution < 1.29 is 54.7 Å². The maximum absolute atomic E-state index is 10.6. The lowest BCUT2D eigenvalue weighted by Crippen LogP contribution is -2.68. The van der Waals surface area contributed by atoms with Crippen LogP contribution in [-0.2, 0) is 18.9 Å². The molecule has 11 nitrogen and oxygen atoms in total. The van der Waals surface area contributed by atoms with Gasteiger partial charge in [-0.05, 0) is 0 Å². The Labute approximate surface area is 156 Å². The van der Waals surface area contributed by atoms with E-state index in [9.17, 15) is 35.7 Å². The third kappa shape index (κ3) is 4.49. The molecule has 0 spiro atoms. The van der Waals surface area contributed by atoms with Gasteiger partial charge in [0.25, 0.3) is 0 Å². The highest BCUT2D eigenvalue weighted by Gasteiger charge is 2.53. The van der Waals surface area contributed by atoms with Gasteiger partial charge in [-0.3, -0.25) is 0 Å². The Hall–Kier alpha value is -0.700. The Morgan fingerprint density at radius 3 is 2.04 bits per heavy atom. The molecule has 1 aliphatic carbocycles. The molecule has 0 aromatic carbocycles. The molecular weight excluding hydrogens is 368 g/mol. The second-order valence-electron chi connectivity index (χ2n) is 6.56. The minimum absolute atomic E-state index is 0.0250. The van der Waals surface area contributed by atoms with E-state index in [-0.39, 0.29) is 6.61 Å². The Morgan fingerprint density at radius 2 is 1.48 bits per heavy atom. The van der Waals surface area contributed by atoms with Gasteiger partial charge in [-0.25, -0.2) is 0 Å². The van der Waals surface area contributed by atoms with Crippen molar-refractivity contribution in [2.24, 2.45) is 0 Å². The summed E-state index contributed by atoms with van der Waals surface area (Å²) in [7, 11) is 1.27. The first-order chi connectivity index (χ1) is 12.8. The summed E-state index contributed by atoms with van der Waals surface area (Å²) in [5.41, 5.74) is 0. The molecule has 0 aromatic rings. The van der Waals surface area contributed by atoms with Gasteiger partial charge in [0, 0.05) is 7.11 Å². The molecule has 158 valence electrons. The van der Waals surface area contributed by atoms with Crippen LogP contribution in [0.4, 0.5) is 0 Å². The van der Waals surface area contributed by atoms with Crippen LogP contribution in [0.2, 0.25) is 0 Å². The zero-order valence-electron chi connectivity index (χ0n) is 14.8. The molecule has 2 fully saturated rings. The normalized spacial score (nSPS) is 48.4.